The number of phenols is 1. The Bertz CT molecular complexity index is 384. The number of anilines is 1. The SMILES string of the molecule is COc1c(O)c(N)c2c(c1Br)CCC2. The Morgan fingerprint density at radius 2 is 2.00 bits per heavy atom. The minimum atomic E-state index is 0.0556. The molecule has 2 rings (SSSR count). The van der Waals surface area contributed by atoms with Crippen LogP contribution >= 0.6 is 15.9 Å². The molecule has 0 unspecified atom stereocenters. The van der Waals surface area contributed by atoms with Crippen molar-refractivity contribution in [3.05, 3.63) is 15.6 Å². The maximum atomic E-state index is 9.76. The Kier molecular flexibility index (Phi) is 2.31. The van der Waals surface area contributed by atoms with Gasteiger partial charge < -0.3 is 15.6 Å². The molecule has 1 aromatic carbocycles. The second-order valence-electron chi connectivity index (χ2n) is 3.42. The second-order valence-corrected chi connectivity index (χ2v) is 4.21. The third-order valence-corrected chi connectivity index (χ3v) is 3.52. The van der Waals surface area contributed by atoms with E-state index in [1.54, 1.807) is 0 Å². The number of hydrogen-bond acceptors (Lipinski definition) is 3. The largest absolute Gasteiger partial charge is 0.503 e. The zero-order valence-corrected chi connectivity index (χ0v) is 9.52. The summed E-state index contributed by atoms with van der Waals surface area (Å²) < 4.78 is 5.95. The normalized spacial score (nSPS) is 14.1. The number of benzene rings is 1. The molecule has 0 atom stereocenters. The summed E-state index contributed by atoms with van der Waals surface area (Å²) in [6.07, 6.45) is 3.03. The number of phenolic OH excluding ortho intramolecular Hbond substituents is 1. The van der Waals surface area contributed by atoms with Crippen molar-refractivity contribution < 1.29 is 9.84 Å². The number of rotatable bonds is 1. The molecule has 4 heteroatoms. The van der Waals surface area contributed by atoms with Crippen molar-refractivity contribution in [2.75, 3.05) is 12.8 Å². The standard InChI is InChI=1S/C10H12BrNO2/c1-14-10-7(11)5-3-2-4-6(5)8(12)9(10)13/h13H,2-4,12H2,1H3. The van der Waals surface area contributed by atoms with Gasteiger partial charge in [-0.2, -0.15) is 0 Å². The molecule has 0 heterocycles. The summed E-state index contributed by atoms with van der Waals surface area (Å²) in [4.78, 5) is 0. The van der Waals surface area contributed by atoms with Gasteiger partial charge in [-0.05, 0) is 46.3 Å². The average molecular weight is 258 g/mol. The van der Waals surface area contributed by atoms with Gasteiger partial charge in [0.05, 0.1) is 17.3 Å². The van der Waals surface area contributed by atoms with Crippen molar-refractivity contribution in [3.8, 4) is 11.5 Å². The molecule has 0 radical (unpaired) electrons. The van der Waals surface area contributed by atoms with Gasteiger partial charge in [-0.3, -0.25) is 0 Å². The zero-order chi connectivity index (χ0) is 10.3. The fourth-order valence-electron chi connectivity index (χ4n) is 1.98. The lowest BCUT2D eigenvalue weighted by Gasteiger charge is -2.13. The molecule has 0 bridgehead atoms. The molecular formula is C10H12BrNO2. The number of nitrogens with two attached hydrogens (primary N) is 1. The van der Waals surface area contributed by atoms with E-state index in [1.807, 2.05) is 0 Å². The number of aromatic hydroxyl groups is 1. The van der Waals surface area contributed by atoms with Crippen molar-refractivity contribution in [1.82, 2.24) is 0 Å². The molecule has 76 valence electrons. The molecule has 3 N–H and O–H groups in total. The van der Waals surface area contributed by atoms with Crippen LogP contribution in [0.2, 0.25) is 0 Å². The molecule has 0 saturated heterocycles. The van der Waals surface area contributed by atoms with Gasteiger partial charge in [-0.25, -0.2) is 0 Å². The summed E-state index contributed by atoms with van der Waals surface area (Å²) >= 11 is 3.44. The molecule has 1 aliphatic rings. The maximum absolute atomic E-state index is 9.76. The molecule has 0 fully saturated rings. The first-order valence-electron chi connectivity index (χ1n) is 4.52. The van der Waals surface area contributed by atoms with Crippen LogP contribution < -0.4 is 10.5 Å². The molecule has 14 heavy (non-hydrogen) atoms. The Morgan fingerprint density at radius 3 is 2.64 bits per heavy atom. The molecule has 0 aromatic heterocycles. The summed E-state index contributed by atoms with van der Waals surface area (Å²) in [6, 6.07) is 0. The Hall–Kier alpha value is -0.900. The summed E-state index contributed by atoms with van der Waals surface area (Å²) in [5.74, 6) is 0.503. The van der Waals surface area contributed by atoms with E-state index in [-0.39, 0.29) is 5.75 Å². The summed E-state index contributed by atoms with van der Waals surface area (Å²) in [6.45, 7) is 0. The molecule has 1 aromatic rings. The molecular weight excluding hydrogens is 246 g/mol. The number of ether oxygens (including phenoxy) is 1. The Labute approximate surface area is 91.0 Å². The van der Waals surface area contributed by atoms with Crippen LogP contribution in [-0.2, 0) is 12.8 Å². The van der Waals surface area contributed by atoms with Crippen LogP contribution in [0.1, 0.15) is 17.5 Å². The summed E-state index contributed by atoms with van der Waals surface area (Å²) in [5.41, 5.74) is 8.54. The van der Waals surface area contributed by atoms with Crippen LogP contribution in [0, 0.1) is 0 Å². The van der Waals surface area contributed by atoms with Crippen molar-refractivity contribution >= 4 is 21.6 Å². The number of halogens is 1. The van der Waals surface area contributed by atoms with Gasteiger partial charge in [-0.15, -0.1) is 0 Å². The van der Waals surface area contributed by atoms with Crippen LogP contribution in [0.3, 0.4) is 0 Å². The van der Waals surface area contributed by atoms with Gasteiger partial charge >= 0.3 is 0 Å². The van der Waals surface area contributed by atoms with Crippen LogP contribution in [0.4, 0.5) is 5.69 Å². The molecule has 0 saturated carbocycles. The highest BCUT2D eigenvalue weighted by Gasteiger charge is 2.24. The number of methoxy groups -OCH3 is 1. The lowest BCUT2D eigenvalue weighted by atomic mass is 10.1. The van der Waals surface area contributed by atoms with Gasteiger partial charge in [0, 0.05) is 0 Å². The Morgan fingerprint density at radius 1 is 1.36 bits per heavy atom. The number of fused-ring (bicyclic) bond motifs is 1. The van der Waals surface area contributed by atoms with E-state index in [9.17, 15) is 5.11 Å². The van der Waals surface area contributed by atoms with Gasteiger partial charge in [-0.1, -0.05) is 0 Å². The van der Waals surface area contributed by atoms with Crippen molar-refractivity contribution in [2.24, 2.45) is 0 Å². The van der Waals surface area contributed by atoms with Crippen LogP contribution in [0.15, 0.2) is 4.47 Å². The van der Waals surface area contributed by atoms with E-state index < -0.39 is 0 Å². The Balaban J connectivity index is 2.73. The van der Waals surface area contributed by atoms with Gasteiger partial charge in [0.2, 0.25) is 0 Å². The number of nitrogen functional groups attached to an aromatic ring is 1. The molecule has 3 nitrogen and oxygen atoms in total. The molecule has 1 aliphatic carbocycles. The molecule has 0 spiro atoms. The van der Waals surface area contributed by atoms with E-state index in [0.29, 0.717) is 11.4 Å². The van der Waals surface area contributed by atoms with Gasteiger partial charge in [0.1, 0.15) is 0 Å². The van der Waals surface area contributed by atoms with E-state index >= 15 is 0 Å². The third kappa shape index (κ3) is 1.17. The first kappa shape index (κ1) is 9.65. The van der Waals surface area contributed by atoms with Crippen molar-refractivity contribution in [1.29, 1.82) is 0 Å². The van der Waals surface area contributed by atoms with E-state index in [4.69, 9.17) is 10.5 Å². The van der Waals surface area contributed by atoms with Crippen molar-refractivity contribution in [3.63, 3.8) is 0 Å². The summed E-state index contributed by atoms with van der Waals surface area (Å²) in [5, 5.41) is 9.76. The first-order chi connectivity index (χ1) is 6.66. The highest BCUT2D eigenvalue weighted by molar-refractivity contribution is 9.10. The monoisotopic (exact) mass is 257 g/mol. The topological polar surface area (TPSA) is 55.5 Å². The fraction of sp³-hybridized carbons (Fsp3) is 0.400. The predicted octanol–water partition coefficient (Wildman–Crippen LogP) is 2.23. The van der Waals surface area contributed by atoms with E-state index in [0.717, 1.165) is 29.3 Å². The average Bonchev–Trinajstić information content (AvgIpc) is 2.64. The van der Waals surface area contributed by atoms with Crippen LogP contribution in [0.25, 0.3) is 0 Å². The molecule has 0 aliphatic heterocycles. The van der Waals surface area contributed by atoms with Gasteiger partial charge in [0.15, 0.2) is 11.5 Å². The second kappa shape index (κ2) is 3.35. The predicted molar refractivity (Wildman–Crippen MR) is 58.8 cm³/mol. The first-order valence-corrected chi connectivity index (χ1v) is 5.31. The number of hydrogen-bond donors (Lipinski definition) is 2. The third-order valence-electron chi connectivity index (χ3n) is 2.68. The van der Waals surface area contributed by atoms with E-state index in [2.05, 4.69) is 15.9 Å². The van der Waals surface area contributed by atoms with Crippen LogP contribution in [0.5, 0.6) is 11.5 Å². The minimum Gasteiger partial charge on any atom is -0.503 e. The highest BCUT2D eigenvalue weighted by Crippen LogP contribution is 2.47. The molecule has 0 amide bonds. The van der Waals surface area contributed by atoms with Gasteiger partial charge in [0.25, 0.3) is 0 Å². The quantitative estimate of drug-likeness (QED) is 0.600. The maximum Gasteiger partial charge on any atom is 0.182 e. The summed E-state index contributed by atoms with van der Waals surface area (Å²) in [7, 11) is 1.53. The zero-order valence-electron chi connectivity index (χ0n) is 7.93. The fourth-order valence-corrected chi connectivity index (χ4v) is 2.76. The van der Waals surface area contributed by atoms with Crippen molar-refractivity contribution in [2.45, 2.75) is 19.3 Å². The van der Waals surface area contributed by atoms with E-state index in [1.165, 1.54) is 12.7 Å². The van der Waals surface area contributed by atoms with Crippen LogP contribution in [-0.4, -0.2) is 12.2 Å². The lowest BCUT2D eigenvalue weighted by Crippen LogP contribution is -1.98. The highest BCUT2D eigenvalue weighted by atomic mass is 79.9. The smallest absolute Gasteiger partial charge is 0.182 e. The lowest BCUT2D eigenvalue weighted by molar-refractivity contribution is 0.372. The minimum absolute atomic E-state index is 0.0556.